The standard InChI is InChI=1S/C16H16O8/c1-2-9(17)7-3-12(20)15(22)13(6-7)24-16(23)8-4-10(18)14(21)11(19)5-8/h3-6,9,17-22H,2H2,1H3. The molecule has 0 fully saturated rings. The maximum absolute atomic E-state index is 12.1. The number of aromatic hydroxyl groups is 5. The lowest BCUT2D eigenvalue weighted by Crippen LogP contribution is -2.09. The molecule has 0 aromatic heterocycles. The van der Waals surface area contributed by atoms with Crippen LogP contribution in [0.2, 0.25) is 0 Å². The molecule has 6 N–H and O–H groups in total. The molecule has 0 spiro atoms. The molecule has 0 radical (unpaired) electrons. The molecule has 0 aliphatic carbocycles. The molecule has 128 valence electrons. The number of rotatable bonds is 4. The molecule has 0 saturated carbocycles. The fourth-order valence-corrected chi connectivity index (χ4v) is 2.00. The summed E-state index contributed by atoms with van der Waals surface area (Å²) in [6, 6.07) is 4.04. The first kappa shape index (κ1) is 17.2. The zero-order valence-electron chi connectivity index (χ0n) is 12.6. The van der Waals surface area contributed by atoms with Gasteiger partial charge in [0.1, 0.15) is 0 Å². The van der Waals surface area contributed by atoms with Gasteiger partial charge >= 0.3 is 5.97 Å². The monoisotopic (exact) mass is 336 g/mol. The Kier molecular flexibility index (Phi) is 4.70. The Morgan fingerprint density at radius 1 is 0.958 bits per heavy atom. The van der Waals surface area contributed by atoms with E-state index in [1.54, 1.807) is 6.92 Å². The Balaban J connectivity index is 2.37. The minimum atomic E-state index is -1.07. The predicted molar refractivity (Wildman–Crippen MR) is 81.4 cm³/mol. The lowest BCUT2D eigenvalue weighted by Gasteiger charge is -2.13. The second-order valence-electron chi connectivity index (χ2n) is 5.06. The Morgan fingerprint density at radius 3 is 2.04 bits per heavy atom. The van der Waals surface area contributed by atoms with Crippen molar-refractivity contribution >= 4 is 5.97 Å². The fourth-order valence-electron chi connectivity index (χ4n) is 2.00. The summed E-state index contributed by atoms with van der Waals surface area (Å²) in [5, 5.41) is 57.3. The summed E-state index contributed by atoms with van der Waals surface area (Å²) in [5.41, 5.74) is -0.0740. The van der Waals surface area contributed by atoms with E-state index < -0.39 is 46.6 Å². The lowest BCUT2D eigenvalue weighted by atomic mass is 10.1. The first-order valence-electron chi connectivity index (χ1n) is 6.95. The van der Waals surface area contributed by atoms with E-state index in [2.05, 4.69) is 0 Å². The molecule has 8 heteroatoms. The van der Waals surface area contributed by atoms with Crippen LogP contribution in [0.4, 0.5) is 0 Å². The van der Waals surface area contributed by atoms with Crippen molar-refractivity contribution in [2.45, 2.75) is 19.4 Å². The molecular formula is C16H16O8. The highest BCUT2D eigenvalue weighted by Crippen LogP contribution is 2.40. The number of carbonyl (C=O) groups is 1. The Labute approximate surface area is 136 Å². The van der Waals surface area contributed by atoms with Gasteiger partial charge in [0, 0.05) is 0 Å². The van der Waals surface area contributed by atoms with Crippen molar-refractivity contribution in [2.24, 2.45) is 0 Å². The number of phenols is 5. The second-order valence-corrected chi connectivity index (χ2v) is 5.06. The van der Waals surface area contributed by atoms with Gasteiger partial charge in [-0.3, -0.25) is 0 Å². The highest BCUT2D eigenvalue weighted by Gasteiger charge is 2.20. The van der Waals surface area contributed by atoms with Crippen LogP contribution in [0.15, 0.2) is 24.3 Å². The largest absolute Gasteiger partial charge is 0.504 e. The van der Waals surface area contributed by atoms with Gasteiger partial charge in [-0.1, -0.05) is 6.92 Å². The van der Waals surface area contributed by atoms with Gasteiger partial charge in [0.2, 0.25) is 5.75 Å². The molecule has 0 bridgehead atoms. The van der Waals surface area contributed by atoms with Crippen molar-refractivity contribution in [1.82, 2.24) is 0 Å². The smallest absolute Gasteiger partial charge is 0.343 e. The normalized spacial score (nSPS) is 11.9. The zero-order valence-corrected chi connectivity index (χ0v) is 12.6. The van der Waals surface area contributed by atoms with Crippen molar-refractivity contribution in [3.05, 3.63) is 35.4 Å². The van der Waals surface area contributed by atoms with E-state index in [0.717, 1.165) is 18.2 Å². The van der Waals surface area contributed by atoms with E-state index in [9.17, 15) is 35.4 Å². The highest BCUT2D eigenvalue weighted by molar-refractivity contribution is 5.93. The van der Waals surface area contributed by atoms with Crippen molar-refractivity contribution in [2.75, 3.05) is 0 Å². The number of hydrogen-bond acceptors (Lipinski definition) is 8. The van der Waals surface area contributed by atoms with Crippen LogP contribution in [0, 0.1) is 0 Å². The van der Waals surface area contributed by atoms with Crippen LogP contribution in [0.5, 0.6) is 34.5 Å². The summed E-state index contributed by atoms with van der Waals surface area (Å²) in [5.74, 6) is -5.02. The van der Waals surface area contributed by atoms with Gasteiger partial charge in [0.15, 0.2) is 28.7 Å². The number of phenolic OH excluding ortho intramolecular Hbond substituents is 5. The summed E-state index contributed by atoms with van der Waals surface area (Å²) in [7, 11) is 0. The molecule has 0 aliphatic rings. The summed E-state index contributed by atoms with van der Waals surface area (Å²) < 4.78 is 4.93. The molecule has 2 aromatic carbocycles. The molecule has 0 amide bonds. The number of aliphatic hydroxyl groups excluding tert-OH is 1. The minimum absolute atomic E-state index is 0.229. The molecule has 0 heterocycles. The quantitative estimate of drug-likeness (QED) is 0.282. The molecular weight excluding hydrogens is 320 g/mol. The highest BCUT2D eigenvalue weighted by atomic mass is 16.5. The first-order chi connectivity index (χ1) is 11.2. The van der Waals surface area contributed by atoms with Crippen LogP contribution >= 0.6 is 0 Å². The Morgan fingerprint density at radius 2 is 1.50 bits per heavy atom. The molecule has 0 saturated heterocycles. The number of hydrogen-bond donors (Lipinski definition) is 6. The van der Waals surface area contributed by atoms with Crippen LogP contribution < -0.4 is 4.74 Å². The van der Waals surface area contributed by atoms with E-state index in [0.29, 0.717) is 6.42 Å². The number of aliphatic hydroxyl groups is 1. The zero-order chi connectivity index (χ0) is 18.0. The Hall–Kier alpha value is -3.13. The van der Waals surface area contributed by atoms with E-state index in [1.165, 1.54) is 6.07 Å². The van der Waals surface area contributed by atoms with Crippen LogP contribution in [0.25, 0.3) is 0 Å². The minimum Gasteiger partial charge on any atom is -0.504 e. The topological polar surface area (TPSA) is 148 Å². The van der Waals surface area contributed by atoms with Crippen LogP contribution in [0.1, 0.15) is 35.4 Å². The van der Waals surface area contributed by atoms with E-state index in [1.807, 2.05) is 0 Å². The number of esters is 1. The average molecular weight is 336 g/mol. The van der Waals surface area contributed by atoms with E-state index in [4.69, 9.17) is 4.74 Å². The van der Waals surface area contributed by atoms with E-state index >= 15 is 0 Å². The molecule has 2 rings (SSSR count). The van der Waals surface area contributed by atoms with Crippen LogP contribution in [-0.4, -0.2) is 36.6 Å². The lowest BCUT2D eigenvalue weighted by molar-refractivity contribution is 0.0727. The predicted octanol–water partition coefficient (Wildman–Crippen LogP) is 1.88. The SMILES string of the molecule is CCC(O)c1cc(O)c(O)c(OC(=O)c2cc(O)c(O)c(O)c2)c1. The molecule has 1 atom stereocenters. The maximum Gasteiger partial charge on any atom is 0.343 e. The third-order valence-electron chi connectivity index (χ3n) is 3.36. The molecule has 2 aromatic rings. The summed E-state index contributed by atoms with van der Waals surface area (Å²) >= 11 is 0. The maximum atomic E-state index is 12.1. The van der Waals surface area contributed by atoms with Crippen molar-refractivity contribution in [1.29, 1.82) is 0 Å². The van der Waals surface area contributed by atoms with Crippen molar-refractivity contribution < 1.29 is 40.2 Å². The number of carbonyl (C=O) groups excluding carboxylic acids is 1. The summed E-state index contributed by atoms with van der Waals surface area (Å²) in [4.78, 5) is 12.1. The molecule has 0 aliphatic heterocycles. The van der Waals surface area contributed by atoms with E-state index in [-0.39, 0.29) is 11.1 Å². The molecule has 1 unspecified atom stereocenters. The van der Waals surface area contributed by atoms with Crippen molar-refractivity contribution in [3.63, 3.8) is 0 Å². The van der Waals surface area contributed by atoms with Gasteiger partial charge in [-0.25, -0.2) is 4.79 Å². The van der Waals surface area contributed by atoms with Gasteiger partial charge in [-0.05, 0) is 36.2 Å². The van der Waals surface area contributed by atoms with Gasteiger partial charge < -0.3 is 35.4 Å². The van der Waals surface area contributed by atoms with Crippen LogP contribution in [-0.2, 0) is 0 Å². The average Bonchev–Trinajstić information content (AvgIpc) is 2.55. The van der Waals surface area contributed by atoms with Crippen molar-refractivity contribution in [3.8, 4) is 34.5 Å². The first-order valence-corrected chi connectivity index (χ1v) is 6.95. The third kappa shape index (κ3) is 3.28. The third-order valence-corrected chi connectivity index (χ3v) is 3.36. The fraction of sp³-hybridized carbons (Fsp3) is 0.188. The molecule has 8 nitrogen and oxygen atoms in total. The summed E-state index contributed by atoms with van der Waals surface area (Å²) in [6.45, 7) is 1.70. The van der Waals surface area contributed by atoms with Gasteiger partial charge in [-0.2, -0.15) is 0 Å². The van der Waals surface area contributed by atoms with Gasteiger partial charge in [0.25, 0.3) is 0 Å². The van der Waals surface area contributed by atoms with Gasteiger partial charge in [-0.15, -0.1) is 0 Å². The number of ether oxygens (including phenoxy) is 1. The number of benzene rings is 2. The summed E-state index contributed by atoms with van der Waals surface area (Å²) in [6.07, 6.45) is -0.604. The Bertz CT molecular complexity index is 761. The van der Waals surface area contributed by atoms with Crippen LogP contribution in [0.3, 0.4) is 0 Å². The van der Waals surface area contributed by atoms with Gasteiger partial charge in [0.05, 0.1) is 11.7 Å². The second kappa shape index (κ2) is 6.55. The molecule has 24 heavy (non-hydrogen) atoms.